The summed E-state index contributed by atoms with van der Waals surface area (Å²) in [7, 11) is 1.58. The zero-order chi connectivity index (χ0) is 15.5. The molecular weight excluding hydrogens is 317 g/mol. The fraction of sp³-hybridized carbons (Fsp3) is 0.385. The summed E-state index contributed by atoms with van der Waals surface area (Å²) in [6.07, 6.45) is 0.391. The number of hydrazine groups is 1. The first-order valence-corrected chi connectivity index (χ1v) is 7.02. The van der Waals surface area contributed by atoms with Crippen LogP contribution < -0.4 is 20.9 Å². The molecule has 0 saturated heterocycles. The van der Waals surface area contributed by atoms with Gasteiger partial charge in [0, 0.05) is 5.69 Å². The molecule has 1 aromatic rings. The molecule has 21 heavy (non-hydrogen) atoms. The van der Waals surface area contributed by atoms with Gasteiger partial charge in [-0.1, -0.05) is 0 Å². The SMILES string of the molecule is COc1ccc(NCC(=O)NNC(=O)C2CC2(Cl)Cl)cc1. The van der Waals surface area contributed by atoms with Gasteiger partial charge in [0.05, 0.1) is 19.6 Å². The van der Waals surface area contributed by atoms with E-state index in [0.717, 1.165) is 11.4 Å². The van der Waals surface area contributed by atoms with E-state index in [4.69, 9.17) is 27.9 Å². The van der Waals surface area contributed by atoms with Crippen molar-refractivity contribution in [3.63, 3.8) is 0 Å². The number of benzene rings is 1. The van der Waals surface area contributed by atoms with Crippen LogP contribution >= 0.6 is 23.2 Å². The summed E-state index contributed by atoms with van der Waals surface area (Å²) < 4.78 is 4.02. The molecule has 2 rings (SSSR count). The summed E-state index contributed by atoms with van der Waals surface area (Å²) in [4.78, 5) is 23.1. The van der Waals surface area contributed by atoms with Crippen molar-refractivity contribution in [2.45, 2.75) is 10.8 Å². The summed E-state index contributed by atoms with van der Waals surface area (Å²) in [5, 5.41) is 2.91. The maximum Gasteiger partial charge on any atom is 0.257 e. The van der Waals surface area contributed by atoms with Gasteiger partial charge in [0.2, 0.25) is 5.91 Å². The average molecular weight is 332 g/mol. The quantitative estimate of drug-likeness (QED) is 0.563. The summed E-state index contributed by atoms with van der Waals surface area (Å²) in [5.41, 5.74) is 5.34. The van der Waals surface area contributed by atoms with E-state index in [2.05, 4.69) is 16.2 Å². The molecular formula is C13H15Cl2N3O3. The Hall–Kier alpha value is -1.66. The second-order valence-electron chi connectivity index (χ2n) is 4.64. The van der Waals surface area contributed by atoms with E-state index in [1.165, 1.54) is 0 Å². The molecule has 1 saturated carbocycles. The van der Waals surface area contributed by atoms with Gasteiger partial charge < -0.3 is 10.1 Å². The van der Waals surface area contributed by atoms with E-state index in [1.54, 1.807) is 31.4 Å². The number of amides is 2. The summed E-state index contributed by atoms with van der Waals surface area (Å²) in [6.45, 7) is 0.0180. The minimum Gasteiger partial charge on any atom is -0.497 e. The Morgan fingerprint density at radius 1 is 1.29 bits per heavy atom. The third kappa shape index (κ3) is 4.41. The number of alkyl halides is 2. The van der Waals surface area contributed by atoms with E-state index in [1.807, 2.05) is 0 Å². The zero-order valence-electron chi connectivity index (χ0n) is 11.3. The summed E-state index contributed by atoms with van der Waals surface area (Å²) >= 11 is 11.5. The predicted molar refractivity (Wildman–Crippen MR) is 80.3 cm³/mol. The largest absolute Gasteiger partial charge is 0.497 e. The Bertz CT molecular complexity index is 534. The molecule has 1 fully saturated rings. The highest BCUT2D eigenvalue weighted by molar-refractivity contribution is 6.52. The number of hydrogen-bond acceptors (Lipinski definition) is 4. The molecule has 1 aliphatic rings. The lowest BCUT2D eigenvalue weighted by molar-refractivity contribution is -0.128. The van der Waals surface area contributed by atoms with E-state index in [-0.39, 0.29) is 12.5 Å². The van der Waals surface area contributed by atoms with Crippen molar-refractivity contribution in [3.05, 3.63) is 24.3 Å². The standard InChI is InChI=1S/C13H15Cl2N3O3/c1-21-9-4-2-8(3-5-9)16-7-11(19)17-18-12(20)10-6-13(10,14)15/h2-5,10,16H,6-7H2,1H3,(H,17,19)(H,18,20). The van der Waals surface area contributed by atoms with E-state index < -0.39 is 16.2 Å². The number of rotatable bonds is 5. The van der Waals surface area contributed by atoms with Crippen molar-refractivity contribution in [1.29, 1.82) is 0 Å². The normalized spacial score (nSPS) is 18.5. The Morgan fingerprint density at radius 3 is 2.43 bits per heavy atom. The van der Waals surface area contributed by atoms with Crippen LogP contribution in [0.25, 0.3) is 0 Å². The molecule has 6 nitrogen and oxygen atoms in total. The van der Waals surface area contributed by atoms with Crippen LogP contribution in [-0.4, -0.2) is 29.8 Å². The molecule has 0 spiro atoms. The van der Waals surface area contributed by atoms with Crippen LogP contribution in [0, 0.1) is 5.92 Å². The first kappa shape index (κ1) is 15.7. The van der Waals surface area contributed by atoms with Crippen LogP contribution in [0.2, 0.25) is 0 Å². The van der Waals surface area contributed by atoms with Gasteiger partial charge in [-0.15, -0.1) is 23.2 Å². The van der Waals surface area contributed by atoms with Gasteiger partial charge >= 0.3 is 0 Å². The highest BCUT2D eigenvalue weighted by Crippen LogP contribution is 2.53. The number of nitrogens with one attached hydrogen (secondary N) is 3. The zero-order valence-corrected chi connectivity index (χ0v) is 12.8. The van der Waals surface area contributed by atoms with Crippen molar-refractivity contribution in [3.8, 4) is 5.75 Å². The van der Waals surface area contributed by atoms with Gasteiger partial charge in [0.15, 0.2) is 0 Å². The van der Waals surface area contributed by atoms with Gasteiger partial charge in [-0.3, -0.25) is 20.4 Å². The van der Waals surface area contributed by atoms with Crippen LogP contribution in [0.1, 0.15) is 6.42 Å². The average Bonchev–Trinajstić information content (AvgIpc) is 3.12. The molecule has 0 aromatic heterocycles. The Balaban J connectivity index is 1.68. The van der Waals surface area contributed by atoms with E-state index >= 15 is 0 Å². The molecule has 2 amide bonds. The monoisotopic (exact) mass is 331 g/mol. The van der Waals surface area contributed by atoms with E-state index in [9.17, 15) is 9.59 Å². The van der Waals surface area contributed by atoms with Crippen molar-refractivity contribution < 1.29 is 14.3 Å². The third-order valence-electron chi connectivity index (χ3n) is 3.01. The van der Waals surface area contributed by atoms with Crippen molar-refractivity contribution in [2.75, 3.05) is 19.0 Å². The van der Waals surface area contributed by atoms with E-state index in [0.29, 0.717) is 6.42 Å². The van der Waals surface area contributed by atoms with Crippen LogP contribution in [0.3, 0.4) is 0 Å². The topological polar surface area (TPSA) is 79.5 Å². The maximum atomic E-state index is 11.6. The highest BCUT2D eigenvalue weighted by Gasteiger charge is 2.56. The number of carbonyl (C=O) groups excluding carboxylic acids is 2. The van der Waals surface area contributed by atoms with Crippen molar-refractivity contribution in [1.82, 2.24) is 10.9 Å². The number of hydrogen-bond donors (Lipinski definition) is 3. The second kappa shape index (κ2) is 6.41. The van der Waals surface area contributed by atoms with Crippen LogP contribution in [0.4, 0.5) is 5.69 Å². The minimum atomic E-state index is -1.00. The van der Waals surface area contributed by atoms with Crippen LogP contribution in [0.5, 0.6) is 5.75 Å². The number of halogens is 2. The molecule has 8 heteroatoms. The molecule has 114 valence electrons. The van der Waals surface area contributed by atoms with Crippen molar-refractivity contribution >= 4 is 40.7 Å². The molecule has 3 N–H and O–H groups in total. The molecule has 1 atom stereocenters. The molecule has 1 aliphatic carbocycles. The maximum absolute atomic E-state index is 11.6. The van der Waals surface area contributed by atoms with Gasteiger partial charge in [0.25, 0.3) is 5.91 Å². The fourth-order valence-corrected chi connectivity index (χ4v) is 2.16. The molecule has 0 bridgehead atoms. The van der Waals surface area contributed by atoms with Crippen LogP contribution in [-0.2, 0) is 9.59 Å². The molecule has 0 radical (unpaired) electrons. The predicted octanol–water partition coefficient (Wildman–Crippen LogP) is 1.45. The number of anilines is 1. The summed E-state index contributed by atoms with van der Waals surface area (Å²) in [5.74, 6) is -0.518. The van der Waals surface area contributed by atoms with Gasteiger partial charge in [-0.25, -0.2) is 0 Å². The first-order valence-electron chi connectivity index (χ1n) is 6.27. The lowest BCUT2D eigenvalue weighted by Gasteiger charge is -2.09. The molecule has 1 aromatic carbocycles. The number of carbonyl (C=O) groups is 2. The Morgan fingerprint density at radius 2 is 1.90 bits per heavy atom. The molecule has 0 heterocycles. The van der Waals surface area contributed by atoms with Crippen molar-refractivity contribution in [2.24, 2.45) is 5.92 Å². The third-order valence-corrected chi connectivity index (χ3v) is 3.85. The summed E-state index contributed by atoms with van der Waals surface area (Å²) in [6, 6.07) is 7.11. The smallest absolute Gasteiger partial charge is 0.257 e. The lowest BCUT2D eigenvalue weighted by Crippen LogP contribution is -2.45. The lowest BCUT2D eigenvalue weighted by atomic mass is 10.3. The number of ether oxygens (including phenoxy) is 1. The van der Waals surface area contributed by atoms with Gasteiger partial charge in [0.1, 0.15) is 10.1 Å². The number of methoxy groups -OCH3 is 1. The molecule has 0 aliphatic heterocycles. The minimum absolute atomic E-state index is 0.0180. The fourth-order valence-electron chi connectivity index (χ4n) is 1.65. The van der Waals surface area contributed by atoms with Gasteiger partial charge in [-0.2, -0.15) is 0 Å². The Labute approximate surface area is 132 Å². The van der Waals surface area contributed by atoms with Gasteiger partial charge in [-0.05, 0) is 30.7 Å². The second-order valence-corrected chi connectivity index (χ2v) is 6.18. The van der Waals surface area contributed by atoms with Crippen LogP contribution in [0.15, 0.2) is 24.3 Å². The highest BCUT2D eigenvalue weighted by atomic mass is 35.5. The molecule has 1 unspecified atom stereocenters. The first-order chi connectivity index (χ1) is 9.92. The Kier molecular flexibility index (Phi) is 4.80.